The zero-order valence-electron chi connectivity index (χ0n) is 13.1. The van der Waals surface area contributed by atoms with Gasteiger partial charge in [-0.25, -0.2) is 0 Å². The number of hydrogen-bond acceptors (Lipinski definition) is 4. The Labute approximate surface area is 122 Å². The van der Waals surface area contributed by atoms with Crippen LogP contribution in [0.5, 0.6) is 11.5 Å². The largest absolute Gasteiger partial charge is 0.497 e. The van der Waals surface area contributed by atoms with E-state index in [-0.39, 0.29) is 12.0 Å². The van der Waals surface area contributed by atoms with E-state index < -0.39 is 6.10 Å². The molecule has 4 nitrogen and oxygen atoms in total. The van der Waals surface area contributed by atoms with Gasteiger partial charge in [-0.15, -0.1) is 0 Å². The Bertz CT molecular complexity index is 401. The van der Waals surface area contributed by atoms with Crippen LogP contribution in [0.25, 0.3) is 0 Å². The van der Waals surface area contributed by atoms with Crippen molar-refractivity contribution in [3.8, 4) is 11.5 Å². The Morgan fingerprint density at radius 3 is 2.50 bits per heavy atom. The fourth-order valence-electron chi connectivity index (χ4n) is 1.56. The minimum absolute atomic E-state index is 0.174. The van der Waals surface area contributed by atoms with E-state index in [9.17, 15) is 5.11 Å². The number of methoxy groups -OCH3 is 1. The van der Waals surface area contributed by atoms with Crippen molar-refractivity contribution in [1.82, 2.24) is 5.32 Å². The smallest absolute Gasteiger partial charge is 0.123 e. The Morgan fingerprint density at radius 2 is 1.90 bits per heavy atom. The number of benzene rings is 1. The summed E-state index contributed by atoms with van der Waals surface area (Å²) in [5.74, 6) is 1.45. The van der Waals surface area contributed by atoms with Gasteiger partial charge in [-0.2, -0.15) is 0 Å². The normalized spacial score (nSPS) is 14.7. The van der Waals surface area contributed by atoms with Crippen molar-refractivity contribution in [2.75, 3.05) is 20.3 Å². The van der Waals surface area contributed by atoms with Crippen LogP contribution in [0.3, 0.4) is 0 Å². The monoisotopic (exact) mass is 281 g/mol. The van der Waals surface area contributed by atoms with Crippen LogP contribution in [-0.2, 0) is 0 Å². The molecule has 0 aliphatic heterocycles. The van der Waals surface area contributed by atoms with E-state index in [1.54, 1.807) is 13.2 Å². The van der Waals surface area contributed by atoms with E-state index in [0.717, 1.165) is 5.75 Å². The molecule has 0 radical (unpaired) electrons. The Kier molecular flexibility index (Phi) is 6.30. The first kappa shape index (κ1) is 16.8. The number of aliphatic hydroxyl groups excluding tert-OH is 1. The van der Waals surface area contributed by atoms with Crippen molar-refractivity contribution in [3.05, 3.63) is 24.3 Å². The van der Waals surface area contributed by atoms with Crippen LogP contribution >= 0.6 is 0 Å². The van der Waals surface area contributed by atoms with Crippen LogP contribution in [-0.4, -0.2) is 37.5 Å². The molecule has 0 spiro atoms. The van der Waals surface area contributed by atoms with E-state index in [2.05, 4.69) is 33.0 Å². The van der Waals surface area contributed by atoms with Crippen molar-refractivity contribution in [3.63, 3.8) is 0 Å². The second kappa shape index (κ2) is 7.50. The van der Waals surface area contributed by atoms with Gasteiger partial charge in [0.25, 0.3) is 0 Å². The maximum Gasteiger partial charge on any atom is 0.123 e. The van der Waals surface area contributed by atoms with Crippen LogP contribution in [0.15, 0.2) is 24.3 Å². The second-order valence-electron chi connectivity index (χ2n) is 6.14. The molecule has 20 heavy (non-hydrogen) atoms. The first-order valence-corrected chi connectivity index (χ1v) is 7.01. The molecule has 0 aromatic heterocycles. The summed E-state index contributed by atoms with van der Waals surface area (Å²) in [6.07, 6.45) is -0.536. The predicted octanol–water partition coefficient (Wildman–Crippen LogP) is 2.46. The molecule has 0 bridgehead atoms. The van der Waals surface area contributed by atoms with Gasteiger partial charge in [0.05, 0.1) is 7.11 Å². The molecular weight excluding hydrogens is 254 g/mol. The maximum absolute atomic E-state index is 9.93. The van der Waals surface area contributed by atoms with E-state index in [4.69, 9.17) is 9.47 Å². The number of aliphatic hydroxyl groups is 1. The summed E-state index contributed by atoms with van der Waals surface area (Å²) >= 11 is 0. The van der Waals surface area contributed by atoms with Gasteiger partial charge in [0.1, 0.15) is 24.2 Å². The molecule has 0 saturated heterocycles. The minimum atomic E-state index is -0.536. The maximum atomic E-state index is 9.93. The van der Waals surface area contributed by atoms with Crippen molar-refractivity contribution < 1.29 is 14.6 Å². The zero-order valence-corrected chi connectivity index (χ0v) is 13.1. The third kappa shape index (κ3) is 5.80. The molecule has 0 amide bonds. The number of rotatable bonds is 7. The number of ether oxygens (including phenoxy) is 2. The second-order valence-corrected chi connectivity index (χ2v) is 6.14. The van der Waals surface area contributed by atoms with Crippen LogP contribution in [0.4, 0.5) is 0 Å². The highest BCUT2D eigenvalue weighted by Crippen LogP contribution is 2.19. The highest BCUT2D eigenvalue weighted by Gasteiger charge is 2.20. The van der Waals surface area contributed by atoms with Gasteiger partial charge in [0.15, 0.2) is 0 Å². The van der Waals surface area contributed by atoms with E-state index >= 15 is 0 Å². The quantitative estimate of drug-likeness (QED) is 0.806. The van der Waals surface area contributed by atoms with Gasteiger partial charge >= 0.3 is 0 Å². The average molecular weight is 281 g/mol. The molecule has 0 heterocycles. The lowest BCUT2D eigenvalue weighted by Gasteiger charge is -2.29. The van der Waals surface area contributed by atoms with Crippen LogP contribution in [0.2, 0.25) is 0 Å². The van der Waals surface area contributed by atoms with Gasteiger partial charge in [0.2, 0.25) is 0 Å². The average Bonchev–Trinajstić information content (AvgIpc) is 2.41. The fraction of sp³-hybridized carbons (Fsp3) is 0.625. The highest BCUT2D eigenvalue weighted by molar-refractivity contribution is 5.32. The van der Waals surface area contributed by atoms with Gasteiger partial charge < -0.3 is 19.9 Å². The summed E-state index contributed by atoms with van der Waals surface area (Å²) in [5.41, 5.74) is 0.174. The van der Waals surface area contributed by atoms with E-state index in [1.165, 1.54) is 0 Å². The molecule has 2 atom stereocenters. The van der Waals surface area contributed by atoms with Crippen LogP contribution in [0, 0.1) is 5.41 Å². The minimum Gasteiger partial charge on any atom is -0.497 e. The molecule has 114 valence electrons. The molecule has 0 aliphatic rings. The SMILES string of the molecule is COc1cccc(OC[C@@H](O)CN[C@@H](C)C(C)(C)C)c1. The lowest BCUT2D eigenvalue weighted by molar-refractivity contribution is 0.0985. The molecule has 1 aromatic rings. The van der Waals surface area contributed by atoms with E-state index in [0.29, 0.717) is 18.3 Å². The van der Waals surface area contributed by atoms with Crippen LogP contribution < -0.4 is 14.8 Å². The molecule has 0 fully saturated rings. The Balaban J connectivity index is 2.34. The predicted molar refractivity (Wildman–Crippen MR) is 81.4 cm³/mol. The third-order valence-corrected chi connectivity index (χ3v) is 3.44. The van der Waals surface area contributed by atoms with Gasteiger partial charge in [-0.1, -0.05) is 26.8 Å². The first-order chi connectivity index (χ1) is 9.32. The summed E-state index contributed by atoms with van der Waals surface area (Å²) < 4.78 is 10.7. The van der Waals surface area contributed by atoms with Crippen LogP contribution in [0.1, 0.15) is 27.7 Å². The summed E-state index contributed by atoms with van der Waals surface area (Å²) in [6.45, 7) is 9.41. The molecule has 0 aliphatic carbocycles. The van der Waals surface area contributed by atoms with E-state index in [1.807, 2.05) is 18.2 Å². The van der Waals surface area contributed by atoms with Gasteiger partial charge in [0, 0.05) is 18.7 Å². The topological polar surface area (TPSA) is 50.7 Å². The number of nitrogens with one attached hydrogen (secondary N) is 1. The summed E-state index contributed by atoms with van der Waals surface area (Å²) in [7, 11) is 1.62. The Morgan fingerprint density at radius 1 is 1.25 bits per heavy atom. The lowest BCUT2D eigenvalue weighted by atomic mass is 9.88. The summed E-state index contributed by atoms with van der Waals surface area (Å²) in [4.78, 5) is 0. The lowest BCUT2D eigenvalue weighted by Crippen LogP contribution is -2.42. The first-order valence-electron chi connectivity index (χ1n) is 7.01. The molecule has 0 saturated carbocycles. The molecule has 0 unspecified atom stereocenters. The molecule has 2 N–H and O–H groups in total. The zero-order chi connectivity index (χ0) is 15.2. The highest BCUT2D eigenvalue weighted by atomic mass is 16.5. The third-order valence-electron chi connectivity index (χ3n) is 3.44. The van der Waals surface area contributed by atoms with Crippen molar-refractivity contribution in [2.45, 2.75) is 39.8 Å². The molecular formula is C16H27NO3. The van der Waals surface area contributed by atoms with Gasteiger partial charge in [-0.05, 0) is 24.5 Å². The molecule has 1 rings (SSSR count). The van der Waals surface area contributed by atoms with Crippen molar-refractivity contribution in [1.29, 1.82) is 0 Å². The fourth-order valence-corrected chi connectivity index (χ4v) is 1.56. The van der Waals surface area contributed by atoms with Crippen molar-refractivity contribution >= 4 is 0 Å². The van der Waals surface area contributed by atoms with Crippen molar-refractivity contribution in [2.24, 2.45) is 5.41 Å². The van der Waals surface area contributed by atoms with Gasteiger partial charge in [-0.3, -0.25) is 0 Å². The number of hydrogen-bond donors (Lipinski definition) is 2. The molecule has 1 aromatic carbocycles. The standard InChI is InChI=1S/C16H27NO3/c1-12(16(2,3)4)17-10-13(18)11-20-15-8-6-7-14(9-15)19-5/h6-9,12-13,17-18H,10-11H2,1-5H3/t12-,13-/m0/s1. The Hall–Kier alpha value is -1.26. The molecule has 4 heteroatoms. The summed E-state index contributed by atoms with van der Waals surface area (Å²) in [6, 6.07) is 7.70. The summed E-state index contributed by atoms with van der Waals surface area (Å²) in [5, 5.41) is 13.3.